The van der Waals surface area contributed by atoms with Crippen molar-refractivity contribution in [1.82, 2.24) is 5.32 Å². The van der Waals surface area contributed by atoms with Crippen LogP contribution in [-0.2, 0) is 9.59 Å². The minimum absolute atomic E-state index is 0.0150. The van der Waals surface area contributed by atoms with E-state index in [9.17, 15) is 9.59 Å². The van der Waals surface area contributed by atoms with Gasteiger partial charge in [0, 0.05) is 18.7 Å². The van der Waals surface area contributed by atoms with Crippen LogP contribution < -0.4 is 10.2 Å². The first-order valence-corrected chi connectivity index (χ1v) is 8.69. The molecule has 130 valence electrons. The van der Waals surface area contributed by atoms with E-state index in [0.29, 0.717) is 6.54 Å². The molecule has 0 spiro atoms. The van der Waals surface area contributed by atoms with E-state index in [4.69, 9.17) is 0 Å². The second kappa shape index (κ2) is 7.09. The fourth-order valence-corrected chi connectivity index (χ4v) is 3.30. The zero-order chi connectivity index (χ0) is 18.0. The number of carbonyl (C=O) groups excluding carboxylic acids is 2. The zero-order valence-electron chi connectivity index (χ0n) is 15.0. The Balaban J connectivity index is 1.70. The van der Waals surface area contributed by atoms with Crippen molar-refractivity contribution < 1.29 is 9.59 Å². The van der Waals surface area contributed by atoms with Crippen molar-refractivity contribution in [3.8, 4) is 0 Å². The number of amides is 2. The molecule has 2 aromatic rings. The molecule has 1 saturated heterocycles. The van der Waals surface area contributed by atoms with E-state index in [-0.39, 0.29) is 30.2 Å². The topological polar surface area (TPSA) is 49.4 Å². The summed E-state index contributed by atoms with van der Waals surface area (Å²) in [7, 11) is 0. The third-order valence-electron chi connectivity index (χ3n) is 5.02. The molecule has 4 heteroatoms. The second-order valence-electron chi connectivity index (χ2n) is 6.77. The summed E-state index contributed by atoms with van der Waals surface area (Å²) < 4.78 is 0. The molecule has 4 nitrogen and oxygen atoms in total. The monoisotopic (exact) mass is 336 g/mol. The summed E-state index contributed by atoms with van der Waals surface area (Å²) in [6.07, 6.45) is 0.265. The van der Waals surface area contributed by atoms with Gasteiger partial charge in [-0.15, -0.1) is 0 Å². The van der Waals surface area contributed by atoms with Gasteiger partial charge in [-0.3, -0.25) is 9.59 Å². The van der Waals surface area contributed by atoms with Gasteiger partial charge >= 0.3 is 0 Å². The predicted molar refractivity (Wildman–Crippen MR) is 99.4 cm³/mol. The fourth-order valence-electron chi connectivity index (χ4n) is 3.30. The molecule has 0 unspecified atom stereocenters. The van der Waals surface area contributed by atoms with Crippen molar-refractivity contribution in [3.05, 3.63) is 65.2 Å². The molecule has 1 N–H and O–H groups in total. The van der Waals surface area contributed by atoms with Gasteiger partial charge in [0.1, 0.15) is 0 Å². The number of hydrogen-bond donors (Lipinski definition) is 1. The highest BCUT2D eigenvalue weighted by Crippen LogP contribution is 2.29. The lowest BCUT2D eigenvalue weighted by atomic mass is 10.0. The predicted octanol–water partition coefficient (Wildman–Crippen LogP) is 3.53. The SMILES string of the molecule is Cc1cccc(N2C[C@@H](C(=O)N[C@@H](C)c3ccccc3)CC2=O)c1C. The Morgan fingerprint density at radius 2 is 1.84 bits per heavy atom. The van der Waals surface area contributed by atoms with Crippen LogP contribution in [-0.4, -0.2) is 18.4 Å². The van der Waals surface area contributed by atoms with Gasteiger partial charge in [-0.25, -0.2) is 0 Å². The largest absolute Gasteiger partial charge is 0.349 e. The number of benzene rings is 2. The Morgan fingerprint density at radius 3 is 2.56 bits per heavy atom. The van der Waals surface area contributed by atoms with Crippen molar-refractivity contribution in [3.63, 3.8) is 0 Å². The summed E-state index contributed by atoms with van der Waals surface area (Å²) in [6.45, 7) is 6.46. The van der Waals surface area contributed by atoms with Gasteiger partial charge in [0.25, 0.3) is 0 Å². The van der Waals surface area contributed by atoms with Crippen LogP contribution >= 0.6 is 0 Å². The van der Waals surface area contributed by atoms with Gasteiger partial charge in [-0.05, 0) is 43.5 Å². The molecule has 1 heterocycles. The van der Waals surface area contributed by atoms with E-state index in [1.165, 1.54) is 0 Å². The van der Waals surface area contributed by atoms with Crippen LogP contribution in [0.15, 0.2) is 48.5 Å². The first-order valence-electron chi connectivity index (χ1n) is 8.69. The average Bonchev–Trinajstić information content (AvgIpc) is 3.00. The number of rotatable bonds is 4. The van der Waals surface area contributed by atoms with Gasteiger partial charge in [0.15, 0.2) is 0 Å². The molecule has 0 saturated carbocycles. The molecular weight excluding hydrogens is 312 g/mol. The van der Waals surface area contributed by atoms with Crippen molar-refractivity contribution in [2.75, 3.05) is 11.4 Å². The van der Waals surface area contributed by atoms with Crippen LogP contribution in [0.25, 0.3) is 0 Å². The molecule has 1 aliphatic rings. The Hall–Kier alpha value is -2.62. The molecular formula is C21H24N2O2. The fraction of sp³-hybridized carbons (Fsp3) is 0.333. The minimum Gasteiger partial charge on any atom is -0.349 e. The third-order valence-corrected chi connectivity index (χ3v) is 5.02. The molecule has 0 bridgehead atoms. The summed E-state index contributed by atoms with van der Waals surface area (Å²) in [6, 6.07) is 15.7. The van der Waals surface area contributed by atoms with Gasteiger partial charge in [0.05, 0.1) is 12.0 Å². The third kappa shape index (κ3) is 3.58. The normalized spacial score (nSPS) is 18.3. The van der Waals surface area contributed by atoms with Crippen molar-refractivity contribution >= 4 is 17.5 Å². The summed E-state index contributed by atoms with van der Waals surface area (Å²) in [5.41, 5.74) is 4.22. The zero-order valence-corrected chi connectivity index (χ0v) is 15.0. The molecule has 0 radical (unpaired) electrons. The molecule has 0 aliphatic carbocycles. The van der Waals surface area contributed by atoms with Crippen LogP contribution in [0.2, 0.25) is 0 Å². The highest BCUT2D eigenvalue weighted by Gasteiger charge is 2.36. The summed E-state index contributed by atoms with van der Waals surface area (Å²) in [5, 5.41) is 3.04. The molecule has 1 fully saturated rings. The maximum atomic E-state index is 12.6. The number of nitrogens with zero attached hydrogens (tertiary/aromatic N) is 1. The summed E-state index contributed by atoms with van der Waals surface area (Å²) >= 11 is 0. The number of hydrogen-bond acceptors (Lipinski definition) is 2. The number of anilines is 1. The summed E-state index contributed by atoms with van der Waals surface area (Å²) in [5.74, 6) is -0.350. The lowest BCUT2D eigenvalue weighted by molar-refractivity contribution is -0.126. The van der Waals surface area contributed by atoms with Crippen LogP contribution in [0.5, 0.6) is 0 Å². The quantitative estimate of drug-likeness (QED) is 0.928. The molecule has 1 aliphatic heterocycles. The smallest absolute Gasteiger partial charge is 0.227 e. The highest BCUT2D eigenvalue weighted by atomic mass is 16.2. The first kappa shape index (κ1) is 17.2. The maximum Gasteiger partial charge on any atom is 0.227 e. The molecule has 2 atom stereocenters. The first-order chi connectivity index (χ1) is 12.0. The Bertz CT molecular complexity index is 786. The van der Waals surface area contributed by atoms with E-state index in [0.717, 1.165) is 22.4 Å². The maximum absolute atomic E-state index is 12.6. The van der Waals surface area contributed by atoms with Crippen molar-refractivity contribution in [2.24, 2.45) is 5.92 Å². The Labute approximate surface area is 148 Å². The van der Waals surface area contributed by atoms with Gasteiger partial charge in [-0.2, -0.15) is 0 Å². The molecule has 3 rings (SSSR count). The number of nitrogens with one attached hydrogen (secondary N) is 1. The molecule has 0 aromatic heterocycles. The van der Waals surface area contributed by atoms with Gasteiger partial charge in [0.2, 0.25) is 11.8 Å². The van der Waals surface area contributed by atoms with E-state index in [1.807, 2.05) is 69.3 Å². The second-order valence-corrected chi connectivity index (χ2v) is 6.77. The van der Waals surface area contributed by atoms with Crippen LogP contribution in [0.1, 0.15) is 36.1 Å². The van der Waals surface area contributed by atoms with Crippen LogP contribution in [0.4, 0.5) is 5.69 Å². The van der Waals surface area contributed by atoms with Crippen molar-refractivity contribution in [2.45, 2.75) is 33.2 Å². The standard InChI is InChI=1S/C21H24N2O2/c1-14-8-7-11-19(15(14)2)23-13-18(12-20(23)24)21(25)22-16(3)17-9-5-4-6-10-17/h4-11,16,18H,12-13H2,1-3H3,(H,22,25)/t16-,18-/m0/s1. The van der Waals surface area contributed by atoms with Crippen LogP contribution in [0.3, 0.4) is 0 Å². The molecule has 25 heavy (non-hydrogen) atoms. The van der Waals surface area contributed by atoms with E-state index < -0.39 is 0 Å². The van der Waals surface area contributed by atoms with E-state index in [2.05, 4.69) is 5.32 Å². The average molecular weight is 336 g/mol. The Kier molecular flexibility index (Phi) is 4.88. The lowest BCUT2D eigenvalue weighted by Crippen LogP contribution is -2.34. The molecule has 2 aromatic carbocycles. The number of aryl methyl sites for hydroxylation is 1. The van der Waals surface area contributed by atoms with Crippen molar-refractivity contribution in [1.29, 1.82) is 0 Å². The summed E-state index contributed by atoms with van der Waals surface area (Å²) in [4.78, 5) is 26.8. The molecule has 2 amide bonds. The number of carbonyl (C=O) groups is 2. The Morgan fingerprint density at radius 1 is 1.12 bits per heavy atom. The van der Waals surface area contributed by atoms with Gasteiger partial charge in [-0.1, -0.05) is 42.5 Å². The lowest BCUT2D eigenvalue weighted by Gasteiger charge is -2.21. The van der Waals surface area contributed by atoms with E-state index in [1.54, 1.807) is 4.90 Å². The van der Waals surface area contributed by atoms with Crippen LogP contribution in [0, 0.1) is 19.8 Å². The highest BCUT2D eigenvalue weighted by molar-refractivity contribution is 6.01. The van der Waals surface area contributed by atoms with Gasteiger partial charge < -0.3 is 10.2 Å². The van der Waals surface area contributed by atoms with E-state index >= 15 is 0 Å². The minimum atomic E-state index is -0.307.